The minimum absolute atomic E-state index is 0.0877. The molecular weight excluding hydrogens is 291 g/mol. The van der Waals surface area contributed by atoms with E-state index in [2.05, 4.69) is 10.6 Å². The first-order valence-electron chi connectivity index (χ1n) is 6.85. The van der Waals surface area contributed by atoms with Crippen LogP contribution in [-0.4, -0.2) is 35.5 Å². The Labute approximate surface area is 127 Å². The molecule has 7 heteroatoms. The van der Waals surface area contributed by atoms with E-state index in [4.69, 9.17) is 5.11 Å². The number of amides is 2. The predicted octanol–water partition coefficient (Wildman–Crippen LogP) is 1.17. The Balaban J connectivity index is 2.51. The highest BCUT2D eigenvalue weighted by Crippen LogP contribution is 2.05. The molecule has 1 rings (SSSR count). The first kappa shape index (κ1) is 17.6. The minimum Gasteiger partial charge on any atom is -0.480 e. The zero-order chi connectivity index (χ0) is 16.7. The van der Waals surface area contributed by atoms with Crippen LogP contribution in [0.4, 0.5) is 4.39 Å². The van der Waals surface area contributed by atoms with Gasteiger partial charge in [-0.05, 0) is 30.5 Å². The Morgan fingerprint density at radius 2 is 1.95 bits per heavy atom. The van der Waals surface area contributed by atoms with Crippen LogP contribution in [0.5, 0.6) is 0 Å². The number of rotatable bonds is 7. The maximum absolute atomic E-state index is 13.0. The lowest BCUT2D eigenvalue weighted by Gasteiger charge is -2.16. The smallest absolute Gasteiger partial charge is 0.326 e. The molecule has 0 aliphatic rings. The number of benzene rings is 1. The molecule has 1 aromatic carbocycles. The zero-order valence-electron chi connectivity index (χ0n) is 12.4. The van der Waals surface area contributed by atoms with Gasteiger partial charge < -0.3 is 15.7 Å². The molecular formula is C15H19FN2O4. The average Bonchev–Trinajstić information content (AvgIpc) is 2.43. The number of carbonyl (C=O) groups is 3. The zero-order valence-corrected chi connectivity index (χ0v) is 12.4. The normalized spacial score (nSPS) is 11.8. The molecule has 0 radical (unpaired) electrons. The van der Waals surface area contributed by atoms with Crippen LogP contribution in [0.1, 0.15) is 30.6 Å². The number of nitrogens with one attached hydrogen (secondary N) is 2. The van der Waals surface area contributed by atoms with Gasteiger partial charge in [-0.2, -0.15) is 0 Å². The fraction of sp³-hybridized carbons (Fsp3) is 0.400. The van der Waals surface area contributed by atoms with Gasteiger partial charge in [0.1, 0.15) is 11.9 Å². The van der Waals surface area contributed by atoms with Gasteiger partial charge in [0.05, 0.1) is 6.54 Å². The summed E-state index contributed by atoms with van der Waals surface area (Å²) in [7, 11) is 0. The van der Waals surface area contributed by atoms with Crippen LogP contribution in [-0.2, 0) is 9.59 Å². The van der Waals surface area contributed by atoms with Crippen molar-refractivity contribution in [2.75, 3.05) is 6.54 Å². The number of hydrogen-bond donors (Lipinski definition) is 3. The Kier molecular flexibility index (Phi) is 6.49. The molecule has 0 aromatic heterocycles. The summed E-state index contributed by atoms with van der Waals surface area (Å²) < 4.78 is 13.0. The van der Waals surface area contributed by atoms with Gasteiger partial charge >= 0.3 is 5.97 Å². The molecule has 0 bridgehead atoms. The fourth-order valence-corrected chi connectivity index (χ4v) is 1.83. The number of halogens is 1. The van der Waals surface area contributed by atoms with Gasteiger partial charge in [0, 0.05) is 5.56 Å². The van der Waals surface area contributed by atoms with Crippen molar-refractivity contribution in [1.29, 1.82) is 0 Å². The van der Waals surface area contributed by atoms with Gasteiger partial charge in [-0.25, -0.2) is 9.18 Å². The molecule has 2 amide bonds. The molecule has 22 heavy (non-hydrogen) atoms. The maximum atomic E-state index is 13.0. The van der Waals surface area contributed by atoms with Crippen molar-refractivity contribution in [3.8, 4) is 0 Å². The summed E-state index contributed by atoms with van der Waals surface area (Å²) in [4.78, 5) is 34.4. The molecule has 3 N–H and O–H groups in total. The molecule has 0 saturated heterocycles. The highest BCUT2D eigenvalue weighted by molar-refractivity contribution is 5.96. The van der Waals surface area contributed by atoms with Gasteiger partial charge in [0.25, 0.3) is 5.91 Å². The molecule has 120 valence electrons. The lowest BCUT2D eigenvalue weighted by molar-refractivity contribution is -0.142. The summed E-state index contributed by atoms with van der Waals surface area (Å²) >= 11 is 0. The third-order valence-corrected chi connectivity index (χ3v) is 2.84. The molecule has 6 nitrogen and oxygen atoms in total. The third-order valence-electron chi connectivity index (χ3n) is 2.84. The quantitative estimate of drug-likeness (QED) is 0.704. The first-order valence-corrected chi connectivity index (χ1v) is 6.85. The molecule has 0 unspecified atom stereocenters. The summed E-state index contributed by atoms with van der Waals surface area (Å²) in [5.41, 5.74) is 0.0877. The number of hydrogen-bond acceptors (Lipinski definition) is 3. The first-order chi connectivity index (χ1) is 10.3. The van der Waals surface area contributed by atoms with Crippen LogP contribution in [0.25, 0.3) is 0 Å². The summed E-state index contributed by atoms with van der Waals surface area (Å²) in [6.45, 7) is 3.30. The lowest BCUT2D eigenvalue weighted by atomic mass is 10.0. The van der Waals surface area contributed by atoms with Crippen LogP contribution in [0.2, 0.25) is 0 Å². The molecule has 0 fully saturated rings. The van der Waals surface area contributed by atoms with Crippen molar-refractivity contribution in [3.05, 3.63) is 35.6 Å². The molecule has 0 aliphatic carbocycles. The van der Waals surface area contributed by atoms with E-state index >= 15 is 0 Å². The summed E-state index contributed by atoms with van der Waals surface area (Å²) in [5.74, 6) is -2.80. The number of aliphatic carboxylic acids is 1. The van der Waals surface area contributed by atoms with E-state index < -0.39 is 29.6 Å². The lowest BCUT2D eigenvalue weighted by Crippen LogP contribution is -2.46. The Morgan fingerprint density at radius 1 is 1.27 bits per heavy atom. The van der Waals surface area contributed by atoms with Crippen LogP contribution in [0.3, 0.4) is 0 Å². The number of carboxylic acid groups (broad SMARTS) is 1. The van der Waals surface area contributed by atoms with E-state index in [1.54, 1.807) is 0 Å². The van der Waals surface area contributed by atoms with Crippen molar-refractivity contribution in [3.63, 3.8) is 0 Å². The monoisotopic (exact) mass is 310 g/mol. The molecule has 1 aromatic rings. The highest BCUT2D eigenvalue weighted by Gasteiger charge is 2.21. The standard InChI is InChI=1S/C15H19FN2O4/c1-9(2)6-12(15(21)22)18-13(19)8-17-14(20)10-4-3-5-11(16)7-10/h3-5,7,9,12H,6,8H2,1-2H3,(H,17,20)(H,18,19)(H,21,22)/t12-/m1/s1. The van der Waals surface area contributed by atoms with E-state index in [0.29, 0.717) is 6.42 Å². The van der Waals surface area contributed by atoms with Gasteiger partial charge in [-0.3, -0.25) is 9.59 Å². The molecule has 0 aliphatic heterocycles. The van der Waals surface area contributed by atoms with E-state index in [-0.39, 0.29) is 18.0 Å². The Bertz CT molecular complexity index is 560. The maximum Gasteiger partial charge on any atom is 0.326 e. The van der Waals surface area contributed by atoms with Gasteiger partial charge in [-0.1, -0.05) is 19.9 Å². The van der Waals surface area contributed by atoms with E-state index in [1.807, 2.05) is 13.8 Å². The fourth-order valence-electron chi connectivity index (χ4n) is 1.83. The molecule has 0 heterocycles. The second-order valence-electron chi connectivity index (χ2n) is 5.28. The molecule has 0 saturated carbocycles. The highest BCUT2D eigenvalue weighted by atomic mass is 19.1. The van der Waals surface area contributed by atoms with Gasteiger partial charge in [0.15, 0.2) is 0 Å². The van der Waals surface area contributed by atoms with Crippen LogP contribution >= 0.6 is 0 Å². The minimum atomic E-state index is -1.13. The van der Waals surface area contributed by atoms with E-state index in [9.17, 15) is 18.8 Å². The summed E-state index contributed by atoms with van der Waals surface area (Å²) in [5, 5.41) is 13.7. The van der Waals surface area contributed by atoms with Gasteiger partial charge in [-0.15, -0.1) is 0 Å². The third kappa shape index (κ3) is 5.90. The second kappa shape index (κ2) is 8.11. The van der Waals surface area contributed by atoms with Crippen LogP contribution in [0.15, 0.2) is 24.3 Å². The van der Waals surface area contributed by atoms with Crippen molar-refractivity contribution in [1.82, 2.24) is 10.6 Å². The largest absolute Gasteiger partial charge is 0.480 e. The van der Waals surface area contributed by atoms with Crippen molar-refractivity contribution in [2.24, 2.45) is 5.92 Å². The predicted molar refractivity (Wildman–Crippen MR) is 77.8 cm³/mol. The van der Waals surface area contributed by atoms with Crippen LogP contribution in [0, 0.1) is 11.7 Å². The Morgan fingerprint density at radius 3 is 2.50 bits per heavy atom. The van der Waals surface area contributed by atoms with Gasteiger partial charge in [0.2, 0.25) is 5.91 Å². The van der Waals surface area contributed by atoms with Crippen molar-refractivity contribution in [2.45, 2.75) is 26.3 Å². The molecule has 0 spiro atoms. The summed E-state index contributed by atoms with van der Waals surface area (Å²) in [6, 6.07) is 4.04. The van der Waals surface area contributed by atoms with E-state index in [1.165, 1.54) is 18.2 Å². The topological polar surface area (TPSA) is 95.5 Å². The van der Waals surface area contributed by atoms with Crippen molar-refractivity contribution >= 4 is 17.8 Å². The molecule has 1 atom stereocenters. The van der Waals surface area contributed by atoms with Crippen molar-refractivity contribution < 1.29 is 23.9 Å². The number of carbonyl (C=O) groups excluding carboxylic acids is 2. The van der Waals surface area contributed by atoms with Crippen LogP contribution < -0.4 is 10.6 Å². The average molecular weight is 310 g/mol. The SMILES string of the molecule is CC(C)C[C@@H](NC(=O)CNC(=O)c1cccc(F)c1)C(=O)O. The number of carboxylic acids is 1. The Hall–Kier alpha value is -2.44. The van der Waals surface area contributed by atoms with E-state index in [0.717, 1.165) is 6.07 Å². The summed E-state index contributed by atoms with van der Waals surface area (Å²) in [6.07, 6.45) is 0.291. The second-order valence-corrected chi connectivity index (χ2v) is 5.28.